The number of nitrogens with zero attached hydrogens (tertiary/aromatic N) is 4. The van der Waals surface area contributed by atoms with Gasteiger partial charge in [0, 0.05) is 25.6 Å². The van der Waals surface area contributed by atoms with Crippen molar-refractivity contribution in [2.75, 3.05) is 0 Å². The van der Waals surface area contributed by atoms with Crippen LogP contribution in [0.2, 0.25) is 0 Å². The van der Waals surface area contributed by atoms with Gasteiger partial charge in [-0.25, -0.2) is 9.48 Å². The Bertz CT molecular complexity index is 833. The van der Waals surface area contributed by atoms with E-state index in [-0.39, 0.29) is 23.7 Å². The zero-order valence-electron chi connectivity index (χ0n) is 13.4. The van der Waals surface area contributed by atoms with Crippen LogP contribution in [0.4, 0.5) is 0 Å². The number of carbonyl (C=O) groups is 1. The first-order valence-electron chi connectivity index (χ1n) is 8.73. The second-order valence-electron chi connectivity index (χ2n) is 7.21. The summed E-state index contributed by atoms with van der Waals surface area (Å²) in [6.45, 7) is 1.35. The van der Waals surface area contributed by atoms with Gasteiger partial charge >= 0.3 is 5.69 Å². The predicted octanol–water partition coefficient (Wildman–Crippen LogP) is 1.75. The van der Waals surface area contributed by atoms with E-state index >= 15 is 0 Å². The molecule has 5 rings (SSSR count). The summed E-state index contributed by atoms with van der Waals surface area (Å²) < 4.78 is 3.48. The largest absolute Gasteiger partial charge is 0.345 e. The van der Waals surface area contributed by atoms with Gasteiger partial charge in [-0.3, -0.25) is 9.36 Å². The molecule has 1 saturated carbocycles. The van der Waals surface area contributed by atoms with Crippen LogP contribution >= 0.6 is 11.3 Å². The molecule has 2 aliphatic heterocycles. The number of amides is 1. The van der Waals surface area contributed by atoms with Gasteiger partial charge in [-0.1, -0.05) is 6.07 Å². The molecule has 1 saturated heterocycles. The molecule has 2 fully saturated rings. The Morgan fingerprint density at radius 3 is 2.83 bits per heavy atom. The standard InChI is InChI=1S/C17H20N4O2S/c22-16(14-2-1-7-24-14)21-12-5-6-13(21)10-19-15(8-12)18-20(17(19)23)9-11-3-4-11/h1-2,7,11-13H,3-6,8-10H2. The number of fused-ring (bicyclic) bond motifs is 3. The van der Waals surface area contributed by atoms with Crippen LogP contribution in [0.15, 0.2) is 22.3 Å². The van der Waals surface area contributed by atoms with Gasteiger partial charge in [-0.05, 0) is 43.0 Å². The Morgan fingerprint density at radius 1 is 1.25 bits per heavy atom. The molecule has 2 aromatic heterocycles. The maximum Gasteiger partial charge on any atom is 0.345 e. The summed E-state index contributed by atoms with van der Waals surface area (Å²) in [5.74, 6) is 1.61. The van der Waals surface area contributed by atoms with Gasteiger partial charge in [0.2, 0.25) is 0 Å². The van der Waals surface area contributed by atoms with Crippen molar-refractivity contribution in [3.8, 4) is 0 Å². The Kier molecular flexibility index (Phi) is 3.20. The van der Waals surface area contributed by atoms with E-state index in [0.29, 0.717) is 18.9 Å². The van der Waals surface area contributed by atoms with Crippen LogP contribution in [-0.2, 0) is 19.5 Å². The van der Waals surface area contributed by atoms with Crippen molar-refractivity contribution in [3.05, 3.63) is 38.7 Å². The van der Waals surface area contributed by atoms with Gasteiger partial charge in [0.15, 0.2) is 0 Å². The Hall–Kier alpha value is -1.89. The monoisotopic (exact) mass is 344 g/mol. The third-order valence-electron chi connectivity index (χ3n) is 5.53. The van der Waals surface area contributed by atoms with Crippen molar-refractivity contribution in [1.82, 2.24) is 19.2 Å². The lowest BCUT2D eigenvalue weighted by Gasteiger charge is -2.27. The van der Waals surface area contributed by atoms with Gasteiger partial charge in [-0.2, -0.15) is 5.10 Å². The van der Waals surface area contributed by atoms with Gasteiger partial charge < -0.3 is 4.90 Å². The molecule has 4 heterocycles. The fourth-order valence-corrected chi connectivity index (χ4v) is 4.77. The molecule has 1 aliphatic carbocycles. The summed E-state index contributed by atoms with van der Waals surface area (Å²) >= 11 is 1.49. The maximum absolute atomic E-state index is 12.9. The molecule has 1 amide bonds. The lowest BCUT2D eigenvalue weighted by molar-refractivity contribution is 0.0670. The van der Waals surface area contributed by atoms with Crippen molar-refractivity contribution >= 4 is 17.2 Å². The molecule has 6 nitrogen and oxygen atoms in total. The topological polar surface area (TPSA) is 60.1 Å². The highest BCUT2D eigenvalue weighted by Gasteiger charge is 2.42. The fraction of sp³-hybridized carbons (Fsp3) is 0.588. The summed E-state index contributed by atoms with van der Waals surface area (Å²) in [4.78, 5) is 28.4. The van der Waals surface area contributed by atoms with Crippen molar-refractivity contribution in [2.24, 2.45) is 5.92 Å². The van der Waals surface area contributed by atoms with E-state index in [9.17, 15) is 9.59 Å². The van der Waals surface area contributed by atoms with Crippen LogP contribution < -0.4 is 5.69 Å². The quantitative estimate of drug-likeness (QED) is 0.852. The van der Waals surface area contributed by atoms with Crippen molar-refractivity contribution in [2.45, 2.75) is 57.3 Å². The number of hydrogen-bond acceptors (Lipinski definition) is 4. The summed E-state index contributed by atoms with van der Waals surface area (Å²) in [6, 6.07) is 4.08. The van der Waals surface area contributed by atoms with Gasteiger partial charge in [0.05, 0.1) is 10.9 Å². The Morgan fingerprint density at radius 2 is 2.08 bits per heavy atom. The third-order valence-corrected chi connectivity index (χ3v) is 6.38. The minimum absolute atomic E-state index is 0.00738. The van der Waals surface area contributed by atoms with Gasteiger partial charge in [0.1, 0.15) is 5.82 Å². The zero-order valence-corrected chi connectivity index (χ0v) is 14.2. The molecular formula is C17H20N4O2S. The molecule has 0 spiro atoms. The second-order valence-corrected chi connectivity index (χ2v) is 8.16. The molecular weight excluding hydrogens is 324 g/mol. The van der Waals surface area contributed by atoms with E-state index in [1.165, 1.54) is 24.2 Å². The van der Waals surface area contributed by atoms with Gasteiger partial charge in [-0.15, -0.1) is 11.3 Å². The molecule has 0 aromatic carbocycles. The van der Waals surface area contributed by atoms with Crippen LogP contribution in [-0.4, -0.2) is 37.2 Å². The highest BCUT2D eigenvalue weighted by molar-refractivity contribution is 7.12. The number of rotatable bonds is 3. The van der Waals surface area contributed by atoms with E-state index in [0.717, 1.165) is 30.1 Å². The van der Waals surface area contributed by atoms with Crippen LogP contribution in [0.25, 0.3) is 0 Å². The smallest absolute Gasteiger partial charge is 0.330 e. The van der Waals surface area contributed by atoms with Crippen LogP contribution in [0, 0.1) is 5.92 Å². The first kappa shape index (κ1) is 14.5. The molecule has 2 unspecified atom stereocenters. The summed E-state index contributed by atoms with van der Waals surface area (Å²) in [6.07, 6.45) is 5.10. The molecule has 0 radical (unpaired) electrons. The minimum atomic E-state index is 0.00738. The van der Waals surface area contributed by atoms with Crippen molar-refractivity contribution < 1.29 is 4.79 Å². The summed E-state index contributed by atoms with van der Waals surface area (Å²) in [5, 5.41) is 6.54. The van der Waals surface area contributed by atoms with Gasteiger partial charge in [0.25, 0.3) is 5.91 Å². The minimum Gasteiger partial charge on any atom is -0.330 e. The number of aromatic nitrogens is 3. The molecule has 7 heteroatoms. The fourth-order valence-electron chi connectivity index (χ4n) is 4.11. The highest BCUT2D eigenvalue weighted by Crippen LogP contribution is 2.33. The third kappa shape index (κ3) is 2.25. The van der Waals surface area contributed by atoms with Crippen molar-refractivity contribution in [1.29, 1.82) is 0 Å². The van der Waals surface area contributed by atoms with E-state index in [2.05, 4.69) is 5.10 Å². The molecule has 0 N–H and O–H groups in total. The number of hydrogen-bond donors (Lipinski definition) is 0. The Balaban J connectivity index is 1.46. The van der Waals surface area contributed by atoms with E-state index < -0.39 is 0 Å². The SMILES string of the molecule is O=C(c1cccs1)N1C2CCC1Cn1c(nn(CC3CC3)c1=O)C2. The van der Waals surface area contributed by atoms with Crippen LogP contribution in [0.5, 0.6) is 0 Å². The van der Waals surface area contributed by atoms with E-state index in [1.807, 2.05) is 27.0 Å². The second kappa shape index (κ2) is 5.31. The van der Waals surface area contributed by atoms with Crippen LogP contribution in [0.1, 0.15) is 41.2 Å². The molecule has 3 aliphatic rings. The first-order valence-corrected chi connectivity index (χ1v) is 9.61. The molecule has 24 heavy (non-hydrogen) atoms. The van der Waals surface area contributed by atoms with E-state index in [1.54, 1.807) is 4.68 Å². The van der Waals surface area contributed by atoms with Crippen molar-refractivity contribution in [3.63, 3.8) is 0 Å². The Labute approximate surface area is 143 Å². The number of carbonyl (C=O) groups excluding carboxylic acids is 1. The first-order chi connectivity index (χ1) is 11.7. The normalized spacial score (nSPS) is 25.6. The number of thiophene rings is 1. The maximum atomic E-state index is 12.9. The average molecular weight is 344 g/mol. The molecule has 2 atom stereocenters. The highest BCUT2D eigenvalue weighted by atomic mass is 32.1. The lowest BCUT2D eigenvalue weighted by atomic mass is 10.1. The summed E-state index contributed by atoms with van der Waals surface area (Å²) in [7, 11) is 0. The molecule has 2 bridgehead atoms. The predicted molar refractivity (Wildman–Crippen MR) is 90.2 cm³/mol. The zero-order chi connectivity index (χ0) is 16.3. The molecule has 126 valence electrons. The average Bonchev–Trinajstić information content (AvgIpc) is 2.99. The summed E-state index contributed by atoms with van der Waals surface area (Å²) in [5.41, 5.74) is 0.00738. The van der Waals surface area contributed by atoms with E-state index in [4.69, 9.17) is 0 Å². The lowest BCUT2D eigenvalue weighted by Crippen LogP contribution is -2.42. The van der Waals surface area contributed by atoms with Crippen LogP contribution in [0.3, 0.4) is 0 Å². The molecule has 2 aromatic rings.